The maximum absolute atomic E-state index is 9.93. The average molecular weight is 377 g/mol. The molecule has 0 bridgehead atoms. The normalized spacial score (nSPS) is 10.9. The van der Waals surface area contributed by atoms with Crippen LogP contribution < -0.4 is 14.0 Å². The van der Waals surface area contributed by atoms with Gasteiger partial charge in [0, 0.05) is 0 Å². The van der Waals surface area contributed by atoms with E-state index in [2.05, 4.69) is 9.55 Å². The van der Waals surface area contributed by atoms with Gasteiger partial charge in [-0.2, -0.15) is 0 Å². The second-order valence-corrected chi connectivity index (χ2v) is 6.47. The third-order valence-corrected chi connectivity index (χ3v) is 4.76. The van der Waals surface area contributed by atoms with Gasteiger partial charge in [0.15, 0.2) is 34.0 Å². The minimum Gasteiger partial charge on any atom is -0.504 e. The third kappa shape index (κ3) is 3.09. The standard InChI is InChI=1S/C22H20N2O4/c1-27-20-11-14(7-9-18(20)25)13-24-17-6-4-3-5-16(17)23-22(24)15-8-10-19(26)21(12-15)28-2/h3-12H,13H2,1-2H3,(H2,23,25,26)/p+1. The number of phenolic OH excluding ortho intramolecular Hbond substituents is 2. The zero-order chi connectivity index (χ0) is 19.7. The number of hydrogen-bond acceptors (Lipinski definition) is 4. The van der Waals surface area contributed by atoms with E-state index < -0.39 is 0 Å². The van der Waals surface area contributed by atoms with Crippen LogP contribution in [0.2, 0.25) is 0 Å². The first-order valence-corrected chi connectivity index (χ1v) is 8.84. The Labute approximate surface area is 162 Å². The van der Waals surface area contributed by atoms with Crippen molar-refractivity contribution in [2.75, 3.05) is 14.2 Å². The van der Waals surface area contributed by atoms with Crippen LogP contribution in [0.4, 0.5) is 0 Å². The zero-order valence-corrected chi connectivity index (χ0v) is 15.6. The molecule has 0 saturated heterocycles. The molecular formula is C22H21N2O4+. The fourth-order valence-corrected chi connectivity index (χ4v) is 3.35. The SMILES string of the molecule is COc1cc(C[n+]2c(-c3ccc(O)c(OC)c3)[nH]c3ccccc32)ccc1O. The highest BCUT2D eigenvalue weighted by Gasteiger charge is 2.22. The molecular weight excluding hydrogens is 356 g/mol. The molecule has 0 amide bonds. The molecule has 1 aromatic heterocycles. The van der Waals surface area contributed by atoms with Gasteiger partial charge in [0.2, 0.25) is 0 Å². The number of rotatable bonds is 5. The van der Waals surface area contributed by atoms with Gasteiger partial charge in [-0.15, -0.1) is 0 Å². The minimum atomic E-state index is 0.0946. The van der Waals surface area contributed by atoms with Crippen LogP contribution in [-0.4, -0.2) is 29.4 Å². The summed E-state index contributed by atoms with van der Waals surface area (Å²) in [7, 11) is 3.06. The lowest BCUT2D eigenvalue weighted by Crippen LogP contribution is -2.35. The number of aromatic hydroxyl groups is 2. The molecule has 0 radical (unpaired) electrons. The monoisotopic (exact) mass is 377 g/mol. The zero-order valence-electron chi connectivity index (χ0n) is 15.6. The van der Waals surface area contributed by atoms with Gasteiger partial charge in [-0.25, -0.2) is 9.55 Å². The van der Waals surface area contributed by atoms with Crippen molar-refractivity contribution in [2.24, 2.45) is 0 Å². The molecule has 3 aromatic carbocycles. The lowest BCUT2D eigenvalue weighted by molar-refractivity contribution is -0.651. The van der Waals surface area contributed by atoms with Gasteiger partial charge >= 0.3 is 0 Å². The predicted octanol–water partition coefficient (Wildman–Crippen LogP) is 3.60. The van der Waals surface area contributed by atoms with Gasteiger partial charge in [0.1, 0.15) is 6.54 Å². The van der Waals surface area contributed by atoms with Crippen LogP contribution in [0.5, 0.6) is 23.0 Å². The summed E-state index contributed by atoms with van der Waals surface area (Å²) in [5, 5.41) is 19.8. The number of ether oxygens (including phenoxy) is 2. The summed E-state index contributed by atoms with van der Waals surface area (Å²) in [4.78, 5) is 3.46. The van der Waals surface area contributed by atoms with Crippen LogP contribution in [0.3, 0.4) is 0 Å². The summed E-state index contributed by atoms with van der Waals surface area (Å²) in [6, 6.07) is 18.6. The molecule has 28 heavy (non-hydrogen) atoms. The molecule has 6 nitrogen and oxygen atoms in total. The van der Waals surface area contributed by atoms with Gasteiger partial charge in [0.25, 0.3) is 5.82 Å². The topological polar surface area (TPSA) is 78.6 Å². The molecule has 4 rings (SSSR count). The second-order valence-electron chi connectivity index (χ2n) is 6.47. The number of fused-ring (bicyclic) bond motifs is 1. The van der Waals surface area contributed by atoms with Crippen LogP contribution in [-0.2, 0) is 6.54 Å². The van der Waals surface area contributed by atoms with Gasteiger partial charge in [0.05, 0.1) is 19.8 Å². The number of nitrogens with zero attached hydrogens (tertiary/aromatic N) is 1. The molecule has 0 fully saturated rings. The first kappa shape index (κ1) is 17.7. The molecule has 0 unspecified atom stereocenters. The number of methoxy groups -OCH3 is 2. The largest absolute Gasteiger partial charge is 0.504 e. The molecule has 0 spiro atoms. The van der Waals surface area contributed by atoms with Crippen LogP contribution in [0.25, 0.3) is 22.4 Å². The Hall–Kier alpha value is -3.67. The Balaban J connectivity index is 1.86. The minimum absolute atomic E-state index is 0.0946. The van der Waals surface area contributed by atoms with Crippen LogP contribution in [0, 0.1) is 0 Å². The smallest absolute Gasteiger partial charge is 0.288 e. The number of aromatic amines is 1. The molecule has 0 atom stereocenters. The van der Waals surface area contributed by atoms with E-state index in [0.717, 1.165) is 28.0 Å². The van der Waals surface area contributed by atoms with Crippen molar-refractivity contribution < 1.29 is 24.3 Å². The predicted molar refractivity (Wildman–Crippen MR) is 106 cm³/mol. The first-order chi connectivity index (χ1) is 13.6. The number of imidazole rings is 1. The molecule has 6 heteroatoms. The number of nitrogens with one attached hydrogen (secondary N) is 1. The summed E-state index contributed by atoms with van der Waals surface area (Å²) in [5.74, 6) is 1.93. The highest BCUT2D eigenvalue weighted by atomic mass is 16.5. The van der Waals surface area contributed by atoms with E-state index >= 15 is 0 Å². The van der Waals surface area contributed by atoms with Crippen LogP contribution >= 0.6 is 0 Å². The highest BCUT2D eigenvalue weighted by Crippen LogP contribution is 2.31. The summed E-state index contributed by atoms with van der Waals surface area (Å²) >= 11 is 0. The number of para-hydroxylation sites is 2. The van der Waals surface area contributed by atoms with Crippen molar-refractivity contribution in [3.63, 3.8) is 0 Å². The van der Waals surface area contributed by atoms with Crippen molar-refractivity contribution in [3.05, 3.63) is 66.2 Å². The summed E-state index contributed by atoms with van der Waals surface area (Å²) < 4.78 is 12.7. The van der Waals surface area contributed by atoms with E-state index in [1.807, 2.05) is 42.5 Å². The van der Waals surface area contributed by atoms with Crippen molar-refractivity contribution in [1.29, 1.82) is 0 Å². The lowest BCUT2D eigenvalue weighted by atomic mass is 10.1. The van der Waals surface area contributed by atoms with E-state index in [1.54, 1.807) is 18.2 Å². The van der Waals surface area contributed by atoms with Crippen molar-refractivity contribution in [1.82, 2.24) is 4.98 Å². The van der Waals surface area contributed by atoms with Crippen molar-refractivity contribution >= 4 is 11.0 Å². The Morgan fingerprint density at radius 1 is 0.857 bits per heavy atom. The number of phenols is 2. The summed E-state index contributed by atoms with van der Waals surface area (Å²) in [6.45, 7) is 0.569. The Morgan fingerprint density at radius 2 is 1.54 bits per heavy atom. The highest BCUT2D eigenvalue weighted by molar-refractivity contribution is 5.75. The summed E-state index contributed by atoms with van der Waals surface area (Å²) in [5.41, 5.74) is 3.90. The van der Waals surface area contributed by atoms with E-state index in [9.17, 15) is 10.2 Å². The molecule has 0 aliphatic carbocycles. The molecule has 3 N–H and O–H groups in total. The fraction of sp³-hybridized carbons (Fsp3) is 0.136. The Bertz CT molecular complexity index is 1150. The average Bonchev–Trinajstić information content (AvgIpc) is 3.08. The van der Waals surface area contributed by atoms with Crippen LogP contribution in [0.15, 0.2) is 60.7 Å². The van der Waals surface area contributed by atoms with E-state index in [0.29, 0.717) is 18.0 Å². The van der Waals surface area contributed by atoms with E-state index in [4.69, 9.17) is 9.47 Å². The third-order valence-electron chi connectivity index (χ3n) is 4.76. The number of benzene rings is 3. The van der Waals surface area contributed by atoms with Gasteiger partial charge in [-0.1, -0.05) is 18.2 Å². The molecule has 0 saturated carbocycles. The number of H-pyrrole nitrogens is 1. The molecule has 0 aliphatic heterocycles. The Kier molecular flexibility index (Phi) is 4.53. The number of hydrogen-bond donors (Lipinski definition) is 3. The van der Waals surface area contributed by atoms with Crippen LogP contribution in [0.1, 0.15) is 5.56 Å². The molecule has 1 heterocycles. The van der Waals surface area contributed by atoms with Crippen molar-refractivity contribution in [2.45, 2.75) is 6.54 Å². The van der Waals surface area contributed by atoms with Gasteiger partial charge in [-0.05, 0) is 48.0 Å². The van der Waals surface area contributed by atoms with E-state index in [1.165, 1.54) is 14.2 Å². The maximum Gasteiger partial charge on any atom is 0.288 e. The fourth-order valence-electron chi connectivity index (χ4n) is 3.35. The second kappa shape index (κ2) is 7.15. The first-order valence-electron chi connectivity index (χ1n) is 8.84. The Morgan fingerprint density at radius 3 is 2.29 bits per heavy atom. The van der Waals surface area contributed by atoms with E-state index in [-0.39, 0.29) is 11.5 Å². The molecule has 142 valence electrons. The molecule has 0 aliphatic rings. The van der Waals surface area contributed by atoms with Gasteiger partial charge < -0.3 is 19.7 Å². The molecule has 4 aromatic rings. The lowest BCUT2D eigenvalue weighted by Gasteiger charge is -2.08. The quantitative estimate of drug-likeness (QED) is 0.465. The number of aromatic nitrogens is 2. The van der Waals surface area contributed by atoms with Gasteiger partial charge in [-0.3, -0.25) is 0 Å². The van der Waals surface area contributed by atoms with Crippen molar-refractivity contribution in [3.8, 4) is 34.4 Å². The maximum atomic E-state index is 9.93. The summed E-state index contributed by atoms with van der Waals surface area (Å²) in [6.07, 6.45) is 0.